The lowest BCUT2D eigenvalue weighted by Crippen LogP contribution is -2.40. The Morgan fingerprint density at radius 3 is 2.61 bits per heavy atom. The molecule has 1 unspecified atom stereocenters. The van der Waals surface area contributed by atoms with Crippen molar-refractivity contribution >= 4 is 11.7 Å². The normalized spacial score (nSPS) is 22.5. The van der Waals surface area contributed by atoms with Crippen LogP contribution in [0.25, 0.3) is 0 Å². The lowest BCUT2D eigenvalue weighted by atomic mass is 10.0. The quantitative estimate of drug-likeness (QED) is 0.838. The fourth-order valence-corrected chi connectivity index (χ4v) is 3.31. The minimum atomic E-state index is -4.37. The van der Waals surface area contributed by atoms with Crippen LogP contribution in [0.1, 0.15) is 31.2 Å². The summed E-state index contributed by atoms with van der Waals surface area (Å²) in [7, 11) is 0. The van der Waals surface area contributed by atoms with Crippen LogP contribution in [0.5, 0.6) is 0 Å². The maximum atomic E-state index is 12.8. The third kappa shape index (κ3) is 3.59. The minimum absolute atomic E-state index is 0.135. The molecule has 3 heterocycles. The Kier molecular flexibility index (Phi) is 4.46. The van der Waals surface area contributed by atoms with Crippen molar-refractivity contribution in [1.82, 2.24) is 9.88 Å². The van der Waals surface area contributed by atoms with E-state index in [-0.39, 0.29) is 11.8 Å². The minimum Gasteiger partial charge on any atom is -0.356 e. The van der Waals surface area contributed by atoms with Crippen LogP contribution in [0, 0.1) is 5.92 Å². The van der Waals surface area contributed by atoms with Gasteiger partial charge in [0.25, 0.3) is 0 Å². The van der Waals surface area contributed by atoms with Gasteiger partial charge in [-0.15, -0.1) is 0 Å². The molecule has 4 nitrogen and oxygen atoms in total. The molecule has 0 aromatic carbocycles. The first kappa shape index (κ1) is 16.1. The fraction of sp³-hybridized carbons (Fsp3) is 0.625. The molecule has 2 aliphatic rings. The molecule has 2 aliphatic heterocycles. The largest absolute Gasteiger partial charge is 0.416 e. The molecule has 23 heavy (non-hydrogen) atoms. The first-order chi connectivity index (χ1) is 10.9. The van der Waals surface area contributed by atoms with E-state index in [9.17, 15) is 18.0 Å². The number of nitrogens with zero attached hydrogens (tertiary/aromatic N) is 3. The number of halogens is 3. The van der Waals surface area contributed by atoms with Gasteiger partial charge < -0.3 is 9.80 Å². The second-order valence-electron chi connectivity index (χ2n) is 6.22. The highest BCUT2D eigenvalue weighted by molar-refractivity contribution is 5.80. The van der Waals surface area contributed by atoms with Crippen LogP contribution < -0.4 is 4.90 Å². The summed E-state index contributed by atoms with van der Waals surface area (Å²) >= 11 is 0. The fourth-order valence-electron chi connectivity index (χ4n) is 3.31. The van der Waals surface area contributed by atoms with E-state index in [0.29, 0.717) is 25.3 Å². The Hall–Kier alpha value is -1.79. The summed E-state index contributed by atoms with van der Waals surface area (Å²) < 4.78 is 38.4. The van der Waals surface area contributed by atoms with Gasteiger partial charge in [0.1, 0.15) is 5.82 Å². The molecule has 1 amide bonds. The van der Waals surface area contributed by atoms with Crippen LogP contribution in [0.2, 0.25) is 0 Å². The first-order valence-corrected chi connectivity index (χ1v) is 8.02. The molecule has 1 aromatic heterocycles. The van der Waals surface area contributed by atoms with Crippen LogP contribution in [0.4, 0.5) is 19.0 Å². The van der Waals surface area contributed by atoms with Crippen LogP contribution in [-0.2, 0) is 11.0 Å². The predicted octanol–water partition coefficient (Wildman–Crippen LogP) is 2.94. The van der Waals surface area contributed by atoms with Gasteiger partial charge in [-0.05, 0) is 37.8 Å². The Bertz CT molecular complexity index is 570. The zero-order valence-electron chi connectivity index (χ0n) is 12.9. The lowest BCUT2D eigenvalue weighted by molar-refractivity contribution is -0.138. The number of likely N-dealkylation sites (tertiary alicyclic amines) is 1. The summed E-state index contributed by atoms with van der Waals surface area (Å²) in [6.45, 7) is 2.62. The molecule has 3 rings (SSSR count). The van der Waals surface area contributed by atoms with Crippen LogP contribution in [0.3, 0.4) is 0 Å². The number of hydrogen-bond donors (Lipinski definition) is 0. The number of rotatable bonds is 2. The molecule has 0 N–H and O–H groups in total. The van der Waals surface area contributed by atoms with E-state index in [1.54, 1.807) is 4.90 Å². The van der Waals surface area contributed by atoms with Gasteiger partial charge in [0.2, 0.25) is 5.91 Å². The molecule has 2 saturated heterocycles. The van der Waals surface area contributed by atoms with Gasteiger partial charge in [0.05, 0.1) is 11.5 Å². The smallest absolute Gasteiger partial charge is 0.356 e. The second-order valence-corrected chi connectivity index (χ2v) is 6.22. The predicted molar refractivity (Wildman–Crippen MR) is 80.0 cm³/mol. The molecule has 126 valence electrons. The average molecular weight is 327 g/mol. The van der Waals surface area contributed by atoms with Crippen molar-refractivity contribution in [3.8, 4) is 0 Å². The number of aromatic nitrogens is 1. The molecule has 7 heteroatoms. The second kappa shape index (κ2) is 6.37. The van der Waals surface area contributed by atoms with Crippen molar-refractivity contribution in [2.45, 2.75) is 31.9 Å². The summed E-state index contributed by atoms with van der Waals surface area (Å²) in [5.41, 5.74) is -0.701. The zero-order valence-corrected chi connectivity index (χ0v) is 12.9. The Labute approximate surface area is 133 Å². The number of carbonyl (C=O) groups excluding carboxylic acids is 1. The monoisotopic (exact) mass is 327 g/mol. The average Bonchev–Trinajstić information content (AvgIpc) is 3.04. The van der Waals surface area contributed by atoms with E-state index < -0.39 is 11.7 Å². The molecule has 0 spiro atoms. The van der Waals surface area contributed by atoms with Crippen LogP contribution in [0.15, 0.2) is 18.3 Å². The van der Waals surface area contributed by atoms with Crippen molar-refractivity contribution in [1.29, 1.82) is 0 Å². The molecule has 1 atom stereocenters. The summed E-state index contributed by atoms with van der Waals surface area (Å²) in [5.74, 6) is 0.303. The molecule has 0 radical (unpaired) electrons. The molecule has 1 aromatic rings. The topological polar surface area (TPSA) is 36.4 Å². The maximum Gasteiger partial charge on any atom is 0.416 e. The summed E-state index contributed by atoms with van der Waals surface area (Å²) in [4.78, 5) is 20.2. The highest BCUT2D eigenvalue weighted by atomic mass is 19.4. The summed E-state index contributed by atoms with van der Waals surface area (Å²) in [6, 6.07) is 2.03. The summed E-state index contributed by atoms with van der Waals surface area (Å²) in [6.07, 6.45) is 0.717. The van der Waals surface area contributed by atoms with Gasteiger partial charge in [-0.1, -0.05) is 0 Å². The Morgan fingerprint density at radius 1 is 1.17 bits per heavy atom. The van der Waals surface area contributed by atoms with E-state index >= 15 is 0 Å². The van der Waals surface area contributed by atoms with E-state index in [4.69, 9.17) is 0 Å². The standard InChI is InChI=1S/C16H20F3N3O/c17-16(18,19)13-4-6-20-14(10-13)22-9-5-12(11-22)15(23)21-7-2-1-3-8-21/h4,6,10,12H,1-3,5,7-9,11H2. The number of piperidine rings is 1. The summed E-state index contributed by atoms with van der Waals surface area (Å²) in [5, 5.41) is 0. The van der Waals surface area contributed by atoms with Gasteiger partial charge in [-0.3, -0.25) is 4.79 Å². The van der Waals surface area contributed by atoms with Crippen molar-refractivity contribution in [2.24, 2.45) is 5.92 Å². The third-order valence-corrected chi connectivity index (χ3v) is 4.60. The number of carbonyl (C=O) groups is 1. The van der Waals surface area contributed by atoms with Gasteiger partial charge in [0, 0.05) is 32.4 Å². The van der Waals surface area contributed by atoms with Gasteiger partial charge in [-0.2, -0.15) is 13.2 Å². The highest BCUT2D eigenvalue weighted by Crippen LogP contribution is 2.32. The van der Waals surface area contributed by atoms with E-state index in [2.05, 4.69) is 4.98 Å². The Morgan fingerprint density at radius 2 is 1.91 bits per heavy atom. The van der Waals surface area contributed by atoms with Gasteiger partial charge in [0.15, 0.2) is 0 Å². The van der Waals surface area contributed by atoms with Crippen molar-refractivity contribution in [3.05, 3.63) is 23.9 Å². The molecular formula is C16H20F3N3O. The van der Waals surface area contributed by atoms with Crippen molar-refractivity contribution < 1.29 is 18.0 Å². The number of anilines is 1. The van der Waals surface area contributed by atoms with Gasteiger partial charge in [-0.25, -0.2) is 4.98 Å². The van der Waals surface area contributed by atoms with Crippen molar-refractivity contribution in [2.75, 3.05) is 31.1 Å². The Balaban J connectivity index is 1.66. The van der Waals surface area contributed by atoms with E-state index in [1.807, 2.05) is 4.90 Å². The SMILES string of the molecule is O=C(C1CCN(c2cc(C(F)(F)F)ccn2)C1)N1CCCCC1. The van der Waals surface area contributed by atoms with Gasteiger partial charge >= 0.3 is 6.18 Å². The molecule has 0 bridgehead atoms. The molecule has 0 aliphatic carbocycles. The number of pyridine rings is 1. The van der Waals surface area contributed by atoms with E-state index in [0.717, 1.165) is 44.5 Å². The third-order valence-electron chi connectivity index (χ3n) is 4.60. The highest BCUT2D eigenvalue weighted by Gasteiger charge is 2.34. The zero-order chi connectivity index (χ0) is 16.4. The lowest BCUT2D eigenvalue weighted by Gasteiger charge is -2.29. The van der Waals surface area contributed by atoms with Crippen LogP contribution in [-0.4, -0.2) is 42.0 Å². The molecule has 0 saturated carbocycles. The van der Waals surface area contributed by atoms with Crippen molar-refractivity contribution in [3.63, 3.8) is 0 Å². The first-order valence-electron chi connectivity index (χ1n) is 8.02. The number of hydrogen-bond acceptors (Lipinski definition) is 3. The maximum absolute atomic E-state index is 12.8. The molecule has 2 fully saturated rings. The van der Waals surface area contributed by atoms with Crippen LogP contribution >= 0.6 is 0 Å². The number of amides is 1. The number of alkyl halides is 3. The van der Waals surface area contributed by atoms with E-state index in [1.165, 1.54) is 6.20 Å². The molecular weight excluding hydrogens is 307 g/mol.